The van der Waals surface area contributed by atoms with E-state index in [1.54, 1.807) is 36.4 Å². The van der Waals surface area contributed by atoms with Crippen molar-refractivity contribution in [3.05, 3.63) is 94.0 Å². The van der Waals surface area contributed by atoms with Crippen LogP contribution in [0.3, 0.4) is 0 Å². The Balaban J connectivity index is 1.83. The van der Waals surface area contributed by atoms with Crippen LogP contribution in [0.2, 0.25) is 0 Å². The van der Waals surface area contributed by atoms with Crippen LogP contribution in [0.4, 0.5) is 5.69 Å². The number of halogens is 1. The molecule has 2 aromatic carbocycles. The highest BCUT2D eigenvalue weighted by Crippen LogP contribution is 2.16. The van der Waals surface area contributed by atoms with Crippen molar-refractivity contribution in [1.82, 2.24) is 5.32 Å². The van der Waals surface area contributed by atoms with Gasteiger partial charge in [-0.25, -0.2) is 0 Å². The van der Waals surface area contributed by atoms with Crippen LogP contribution < -0.4 is 10.6 Å². The van der Waals surface area contributed by atoms with E-state index in [0.717, 1.165) is 5.56 Å². The van der Waals surface area contributed by atoms with Gasteiger partial charge in [0.1, 0.15) is 5.70 Å². The molecule has 0 spiro atoms. The maximum absolute atomic E-state index is 12.8. The van der Waals surface area contributed by atoms with E-state index in [1.807, 2.05) is 30.3 Å². The summed E-state index contributed by atoms with van der Waals surface area (Å²) in [6.07, 6.45) is 1.56. The number of Topliss-reactive ketones (excluding diaryl/α,β-unsaturated/α-hetero) is 1. The Kier molecular flexibility index (Phi) is 6.41. The molecule has 1 heterocycles. The number of nitrogens with one attached hydrogen (secondary N) is 2. The van der Waals surface area contributed by atoms with Crippen molar-refractivity contribution in [2.75, 3.05) is 5.32 Å². The maximum atomic E-state index is 12.8. The third kappa shape index (κ3) is 5.52. The molecule has 0 atom stereocenters. The zero-order valence-corrected chi connectivity index (χ0v) is 17.0. The van der Waals surface area contributed by atoms with Crippen LogP contribution in [0.1, 0.15) is 33.4 Å². The number of amides is 2. The molecule has 0 fully saturated rings. The second-order valence-corrected chi connectivity index (χ2v) is 6.90. The second-order valence-electron chi connectivity index (χ2n) is 6.11. The molecule has 0 unspecified atom stereocenters. The molecule has 0 saturated heterocycles. The maximum Gasteiger partial charge on any atom is 0.291 e. The fraction of sp³-hybridized carbons (Fsp3) is 0.0455. The van der Waals surface area contributed by atoms with Gasteiger partial charge in [-0.05, 0) is 70.9 Å². The van der Waals surface area contributed by atoms with Crippen molar-refractivity contribution in [1.29, 1.82) is 0 Å². The first-order valence-electron chi connectivity index (χ1n) is 8.68. The summed E-state index contributed by atoms with van der Waals surface area (Å²) in [5, 5.41) is 5.30. The number of hydrogen-bond donors (Lipinski definition) is 2. The standard InChI is InChI=1S/C22H17BrN2O4/c1-14(26)16-7-9-17(10-8-16)24-21(27)18(13-15-5-3-2-4-6-15)25-22(28)19-11-12-20(23)29-19/h2-13H,1H3,(H,24,27)(H,25,28)/b18-13+. The normalized spacial score (nSPS) is 11.0. The summed E-state index contributed by atoms with van der Waals surface area (Å²) in [4.78, 5) is 36.6. The van der Waals surface area contributed by atoms with E-state index in [0.29, 0.717) is 15.9 Å². The van der Waals surface area contributed by atoms with Crippen LogP contribution in [-0.4, -0.2) is 17.6 Å². The largest absolute Gasteiger partial charge is 0.444 e. The van der Waals surface area contributed by atoms with Gasteiger partial charge in [0.05, 0.1) is 0 Å². The molecule has 2 N–H and O–H groups in total. The summed E-state index contributed by atoms with van der Waals surface area (Å²) in [6.45, 7) is 1.47. The Morgan fingerprint density at radius 1 is 0.931 bits per heavy atom. The molecule has 146 valence electrons. The number of carbonyl (C=O) groups excluding carboxylic acids is 3. The van der Waals surface area contributed by atoms with Gasteiger partial charge >= 0.3 is 0 Å². The molecule has 2 amide bonds. The van der Waals surface area contributed by atoms with Gasteiger partial charge in [0, 0.05) is 11.3 Å². The Hall–Kier alpha value is -3.45. The molecule has 0 radical (unpaired) electrons. The highest BCUT2D eigenvalue weighted by Gasteiger charge is 2.17. The highest BCUT2D eigenvalue weighted by molar-refractivity contribution is 9.10. The van der Waals surface area contributed by atoms with Crippen LogP contribution in [0.25, 0.3) is 6.08 Å². The second kappa shape index (κ2) is 9.16. The van der Waals surface area contributed by atoms with Gasteiger partial charge in [-0.2, -0.15) is 0 Å². The lowest BCUT2D eigenvalue weighted by molar-refractivity contribution is -0.113. The Morgan fingerprint density at radius 2 is 1.62 bits per heavy atom. The smallest absolute Gasteiger partial charge is 0.291 e. The predicted octanol–water partition coefficient (Wildman–Crippen LogP) is 4.65. The van der Waals surface area contributed by atoms with E-state index in [2.05, 4.69) is 26.6 Å². The number of benzene rings is 2. The molecule has 0 saturated carbocycles. The zero-order valence-electron chi connectivity index (χ0n) is 15.4. The van der Waals surface area contributed by atoms with Crippen LogP contribution in [0.15, 0.2) is 81.5 Å². The number of carbonyl (C=O) groups is 3. The minimum atomic E-state index is -0.556. The zero-order chi connectivity index (χ0) is 20.8. The fourth-order valence-corrected chi connectivity index (χ4v) is 2.79. The van der Waals surface area contributed by atoms with Crippen molar-refractivity contribution in [3.63, 3.8) is 0 Å². The molecular weight excluding hydrogens is 436 g/mol. The number of rotatable bonds is 6. The lowest BCUT2D eigenvalue weighted by atomic mass is 10.1. The molecule has 6 nitrogen and oxygen atoms in total. The first kappa shape index (κ1) is 20.3. The van der Waals surface area contributed by atoms with Gasteiger partial charge in [0.25, 0.3) is 11.8 Å². The molecule has 0 aliphatic rings. The third-order valence-corrected chi connectivity index (χ3v) is 4.38. The quantitative estimate of drug-likeness (QED) is 0.420. The first-order chi connectivity index (χ1) is 13.9. The average Bonchev–Trinajstić information content (AvgIpc) is 3.15. The van der Waals surface area contributed by atoms with Gasteiger partial charge in [-0.1, -0.05) is 30.3 Å². The molecule has 7 heteroatoms. The van der Waals surface area contributed by atoms with Crippen molar-refractivity contribution in [2.24, 2.45) is 0 Å². The minimum absolute atomic E-state index is 0.0457. The molecule has 3 rings (SSSR count). The molecule has 3 aromatic rings. The van der Waals surface area contributed by atoms with Crippen LogP contribution in [0, 0.1) is 0 Å². The molecular formula is C22H17BrN2O4. The topological polar surface area (TPSA) is 88.4 Å². The summed E-state index contributed by atoms with van der Waals surface area (Å²) in [5.41, 5.74) is 1.82. The van der Waals surface area contributed by atoms with Gasteiger partial charge in [0.2, 0.25) is 0 Å². The van der Waals surface area contributed by atoms with Crippen molar-refractivity contribution >= 4 is 45.3 Å². The van der Waals surface area contributed by atoms with E-state index < -0.39 is 11.8 Å². The lowest BCUT2D eigenvalue weighted by Crippen LogP contribution is -2.30. The highest BCUT2D eigenvalue weighted by atomic mass is 79.9. The van der Waals surface area contributed by atoms with Crippen LogP contribution in [-0.2, 0) is 4.79 Å². The molecule has 0 aliphatic heterocycles. The number of hydrogen-bond acceptors (Lipinski definition) is 4. The number of ketones is 1. The summed E-state index contributed by atoms with van der Waals surface area (Å²) < 4.78 is 5.65. The lowest BCUT2D eigenvalue weighted by Gasteiger charge is -2.11. The van der Waals surface area contributed by atoms with Gasteiger partial charge in [0.15, 0.2) is 16.2 Å². The van der Waals surface area contributed by atoms with Crippen molar-refractivity contribution in [2.45, 2.75) is 6.92 Å². The van der Waals surface area contributed by atoms with E-state index >= 15 is 0 Å². The van der Waals surface area contributed by atoms with E-state index in [9.17, 15) is 14.4 Å². The molecule has 29 heavy (non-hydrogen) atoms. The summed E-state index contributed by atoms with van der Waals surface area (Å²) >= 11 is 3.15. The summed E-state index contributed by atoms with van der Waals surface area (Å²) in [7, 11) is 0. The van der Waals surface area contributed by atoms with Crippen molar-refractivity contribution < 1.29 is 18.8 Å². The molecule has 0 aliphatic carbocycles. The van der Waals surface area contributed by atoms with Crippen LogP contribution >= 0.6 is 15.9 Å². The average molecular weight is 453 g/mol. The van der Waals surface area contributed by atoms with E-state index in [1.165, 1.54) is 13.0 Å². The molecule has 0 bridgehead atoms. The SMILES string of the molecule is CC(=O)c1ccc(NC(=O)/C(=C\c2ccccc2)NC(=O)c2ccc(Br)o2)cc1. The van der Waals surface area contributed by atoms with E-state index in [-0.39, 0.29) is 17.2 Å². The van der Waals surface area contributed by atoms with Gasteiger partial charge < -0.3 is 15.1 Å². The van der Waals surface area contributed by atoms with Gasteiger partial charge in [-0.15, -0.1) is 0 Å². The monoisotopic (exact) mass is 452 g/mol. The first-order valence-corrected chi connectivity index (χ1v) is 9.47. The van der Waals surface area contributed by atoms with Crippen LogP contribution in [0.5, 0.6) is 0 Å². The summed E-state index contributed by atoms with van der Waals surface area (Å²) in [6, 6.07) is 18.7. The Morgan fingerprint density at radius 3 is 2.21 bits per heavy atom. The van der Waals surface area contributed by atoms with E-state index in [4.69, 9.17) is 4.42 Å². The van der Waals surface area contributed by atoms with Gasteiger partial charge in [-0.3, -0.25) is 14.4 Å². The predicted molar refractivity (Wildman–Crippen MR) is 113 cm³/mol. The Labute approximate surface area is 175 Å². The number of furan rings is 1. The third-order valence-electron chi connectivity index (χ3n) is 3.95. The number of anilines is 1. The molecule has 1 aromatic heterocycles. The van der Waals surface area contributed by atoms with Crippen molar-refractivity contribution in [3.8, 4) is 0 Å². The summed E-state index contributed by atoms with van der Waals surface area (Å²) in [5.74, 6) is -1.07. The fourth-order valence-electron chi connectivity index (χ4n) is 2.48. The minimum Gasteiger partial charge on any atom is -0.444 e. The Bertz CT molecular complexity index is 1070.